The summed E-state index contributed by atoms with van der Waals surface area (Å²) in [5.41, 5.74) is 1.12. The smallest absolute Gasteiger partial charge is 0.226 e. The molecule has 0 radical (unpaired) electrons. The Morgan fingerprint density at radius 3 is 2.86 bits per heavy atom. The number of benzene rings is 1. The van der Waals surface area contributed by atoms with Crippen LogP contribution in [0.5, 0.6) is 5.75 Å². The number of allylic oxidation sites excluding steroid dienone is 2. The van der Waals surface area contributed by atoms with Gasteiger partial charge in [-0.1, -0.05) is 30.4 Å². The second kappa shape index (κ2) is 4.90. The Balaban J connectivity index is 1.59. The standard InChI is InChI=1S/C18H21NO2/c1-12-11-21-17-5-3-2-4-15(17)10-19(12)18(20)16-9-13-6-7-14(16)8-13/h2-7,12-14,16H,8-11H2,1H3/t12-,13+,14+,16+/m1/s1. The third-order valence-electron chi connectivity index (χ3n) is 5.20. The Kier molecular flexibility index (Phi) is 3.02. The van der Waals surface area contributed by atoms with E-state index in [0.29, 0.717) is 30.9 Å². The Bertz CT molecular complexity index is 595. The zero-order chi connectivity index (χ0) is 14.4. The van der Waals surface area contributed by atoms with E-state index in [1.807, 2.05) is 23.1 Å². The van der Waals surface area contributed by atoms with Crippen LogP contribution < -0.4 is 4.74 Å². The van der Waals surface area contributed by atoms with Crippen molar-refractivity contribution in [3.8, 4) is 5.75 Å². The van der Waals surface area contributed by atoms with Gasteiger partial charge in [0.25, 0.3) is 0 Å². The molecule has 2 aliphatic carbocycles. The number of hydrogen-bond donors (Lipinski definition) is 0. The average Bonchev–Trinajstić information content (AvgIpc) is 3.09. The number of amides is 1. The van der Waals surface area contributed by atoms with Crippen molar-refractivity contribution < 1.29 is 9.53 Å². The van der Waals surface area contributed by atoms with Crippen LogP contribution in [0.3, 0.4) is 0 Å². The lowest BCUT2D eigenvalue weighted by Crippen LogP contribution is -2.44. The van der Waals surface area contributed by atoms with E-state index in [4.69, 9.17) is 4.74 Å². The van der Waals surface area contributed by atoms with E-state index in [1.54, 1.807) is 0 Å². The van der Waals surface area contributed by atoms with Crippen LogP contribution in [0.25, 0.3) is 0 Å². The molecule has 21 heavy (non-hydrogen) atoms. The molecule has 4 atom stereocenters. The minimum Gasteiger partial charge on any atom is -0.491 e. The highest BCUT2D eigenvalue weighted by molar-refractivity contribution is 5.80. The summed E-state index contributed by atoms with van der Waals surface area (Å²) in [6, 6.07) is 8.20. The van der Waals surface area contributed by atoms with Crippen molar-refractivity contribution in [2.45, 2.75) is 32.4 Å². The molecule has 4 rings (SSSR count). The molecular weight excluding hydrogens is 262 g/mol. The molecule has 0 N–H and O–H groups in total. The normalized spacial score (nSPS) is 33.5. The van der Waals surface area contributed by atoms with Crippen molar-refractivity contribution in [2.24, 2.45) is 17.8 Å². The third kappa shape index (κ3) is 2.15. The van der Waals surface area contributed by atoms with Crippen molar-refractivity contribution in [1.29, 1.82) is 0 Å². The van der Waals surface area contributed by atoms with E-state index in [9.17, 15) is 4.79 Å². The first-order valence-corrected chi connectivity index (χ1v) is 7.92. The molecule has 3 aliphatic rings. The van der Waals surface area contributed by atoms with Gasteiger partial charge in [0.05, 0.1) is 6.04 Å². The number of ether oxygens (including phenoxy) is 1. The Labute approximate surface area is 125 Å². The lowest BCUT2D eigenvalue weighted by atomic mass is 9.91. The number of para-hydroxylation sites is 1. The molecule has 0 spiro atoms. The van der Waals surface area contributed by atoms with Gasteiger partial charge in [-0.2, -0.15) is 0 Å². The Morgan fingerprint density at radius 1 is 1.24 bits per heavy atom. The molecule has 1 heterocycles. The Hall–Kier alpha value is -1.77. The fraction of sp³-hybridized carbons (Fsp3) is 0.500. The summed E-state index contributed by atoms with van der Waals surface area (Å²) in [5.74, 6) is 2.53. The number of fused-ring (bicyclic) bond motifs is 3. The summed E-state index contributed by atoms with van der Waals surface area (Å²) in [6.45, 7) is 3.35. The molecule has 1 amide bonds. The van der Waals surface area contributed by atoms with E-state index in [-0.39, 0.29) is 12.0 Å². The maximum Gasteiger partial charge on any atom is 0.226 e. The first kappa shape index (κ1) is 12.9. The summed E-state index contributed by atoms with van der Waals surface area (Å²) >= 11 is 0. The number of hydrogen-bond acceptors (Lipinski definition) is 2. The molecule has 3 nitrogen and oxygen atoms in total. The van der Waals surface area contributed by atoms with Gasteiger partial charge in [-0.3, -0.25) is 4.79 Å². The highest BCUT2D eigenvalue weighted by Gasteiger charge is 2.42. The van der Waals surface area contributed by atoms with Crippen molar-refractivity contribution in [1.82, 2.24) is 4.90 Å². The van der Waals surface area contributed by atoms with Gasteiger partial charge in [0.2, 0.25) is 5.91 Å². The SMILES string of the molecule is C[C@@H]1COc2ccccc2CN1C(=O)[C@H]1C[C@H]2C=C[C@H]1C2. The molecule has 1 aliphatic heterocycles. The minimum absolute atomic E-state index is 0.132. The van der Waals surface area contributed by atoms with E-state index < -0.39 is 0 Å². The van der Waals surface area contributed by atoms with Crippen molar-refractivity contribution in [2.75, 3.05) is 6.61 Å². The number of nitrogens with zero attached hydrogens (tertiary/aromatic N) is 1. The lowest BCUT2D eigenvalue weighted by Gasteiger charge is -2.31. The minimum atomic E-state index is 0.132. The van der Waals surface area contributed by atoms with Crippen LogP contribution in [0.2, 0.25) is 0 Å². The molecular formula is C18H21NO2. The van der Waals surface area contributed by atoms with Crippen LogP contribution in [-0.4, -0.2) is 23.5 Å². The average molecular weight is 283 g/mol. The lowest BCUT2D eigenvalue weighted by molar-refractivity contribution is -0.139. The van der Waals surface area contributed by atoms with Crippen LogP contribution in [0.15, 0.2) is 36.4 Å². The topological polar surface area (TPSA) is 29.5 Å². The van der Waals surface area contributed by atoms with Gasteiger partial charge in [0.1, 0.15) is 12.4 Å². The van der Waals surface area contributed by atoms with Gasteiger partial charge >= 0.3 is 0 Å². The second-order valence-corrected chi connectivity index (χ2v) is 6.62. The molecule has 1 aromatic carbocycles. The number of carbonyl (C=O) groups is 1. The van der Waals surface area contributed by atoms with E-state index in [2.05, 4.69) is 25.1 Å². The first-order chi connectivity index (χ1) is 10.2. The summed E-state index contributed by atoms with van der Waals surface area (Å²) in [5, 5.41) is 0. The molecule has 2 bridgehead atoms. The van der Waals surface area contributed by atoms with Crippen LogP contribution >= 0.6 is 0 Å². The van der Waals surface area contributed by atoms with Gasteiger partial charge in [-0.15, -0.1) is 0 Å². The molecule has 0 saturated heterocycles. The monoisotopic (exact) mass is 283 g/mol. The maximum atomic E-state index is 13.0. The molecule has 1 aromatic rings. The molecule has 0 unspecified atom stereocenters. The summed E-state index contributed by atoms with van der Waals surface area (Å²) in [7, 11) is 0. The summed E-state index contributed by atoms with van der Waals surface area (Å²) in [4.78, 5) is 15.0. The highest BCUT2D eigenvalue weighted by atomic mass is 16.5. The molecule has 0 aromatic heterocycles. The van der Waals surface area contributed by atoms with E-state index in [0.717, 1.165) is 17.7 Å². The summed E-state index contributed by atoms with van der Waals surface area (Å²) in [6.07, 6.45) is 6.75. The predicted octanol–water partition coefficient (Wildman–Crippen LogP) is 3.01. The zero-order valence-corrected chi connectivity index (χ0v) is 12.4. The van der Waals surface area contributed by atoms with E-state index in [1.165, 1.54) is 6.42 Å². The maximum absolute atomic E-state index is 13.0. The third-order valence-corrected chi connectivity index (χ3v) is 5.20. The summed E-state index contributed by atoms with van der Waals surface area (Å²) < 4.78 is 5.86. The second-order valence-electron chi connectivity index (χ2n) is 6.62. The molecule has 1 fully saturated rings. The van der Waals surface area contributed by atoms with Crippen LogP contribution in [-0.2, 0) is 11.3 Å². The van der Waals surface area contributed by atoms with Gasteiger partial charge in [-0.25, -0.2) is 0 Å². The number of carbonyl (C=O) groups excluding carboxylic acids is 1. The largest absolute Gasteiger partial charge is 0.491 e. The van der Waals surface area contributed by atoms with Gasteiger partial charge in [-0.05, 0) is 37.7 Å². The van der Waals surface area contributed by atoms with Gasteiger partial charge in [0, 0.05) is 18.0 Å². The zero-order valence-electron chi connectivity index (χ0n) is 12.4. The van der Waals surface area contributed by atoms with Crippen LogP contribution in [0.1, 0.15) is 25.3 Å². The molecule has 110 valence electrons. The van der Waals surface area contributed by atoms with Crippen molar-refractivity contribution >= 4 is 5.91 Å². The van der Waals surface area contributed by atoms with Gasteiger partial charge < -0.3 is 9.64 Å². The molecule has 1 saturated carbocycles. The fourth-order valence-electron chi connectivity index (χ4n) is 3.99. The quantitative estimate of drug-likeness (QED) is 0.742. The predicted molar refractivity (Wildman–Crippen MR) is 80.8 cm³/mol. The Morgan fingerprint density at radius 2 is 2.10 bits per heavy atom. The highest BCUT2D eigenvalue weighted by Crippen LogP contribution is 2.44. The van der Waals surface area contributed by atoms with Crippen LogP contribution in [0.4, 0.5) is 0 Å². The fourth-order valence-corrected chi connectivity index (χ4v) is 3.99. The van der Waals surface area contributed by atoms with Gasteiger partial charge in [0.15, 0.2) is 0 Å². The van der Waals surface area contributed by atoms with E-state index >= 15 is 0 Å². The van der Waals surface area contributed by atoms with Crippen molar-refractivity contribution in [3.05, 3.63) is 42.0 Å². The first-order valence-electron chi connectivity index (χ1n) is 7.92. The molecule has 3 heteroatoms. The van der Waals surface area contributed by atoms with Crippen LogP contribution in [0, 0.1) is 17.8 Å². The van der Waals surface area contributed by atoms with Crippen molar-refractivity contribution in [3.63, 3.8) is 0 Å². The number of rotatable bonds is 1.